The van der Waals surface area contributed by atoms with Crippen LogP contribution in [0, 0.1) is 6.92 Å². The minimum absolute atomic E-state index is 0.0185. The summed E-state index contributed by atoms with van der Waals surface area (Å²) in [4.78, 5) is 27.3. The van der Waals surface area contributed by atoms with Gasteiger partial charge in [0.25, 0.3) is 5.91 Å². The summed E-state index contributed by atoms with van der Waals surface area (Å²) in [6.45, 7) is 3.68. The topological polar surface area (TPSA) is 42.3 Å². The van der Waals surface area contributed by atoms with Crippen LogP contribution in [0.25, 0.3) is 0 Å². The molecule has 126 valence electrons. The average Bonchev–Trinajstić information content (AvgIpc) is 2.59. The molecule has 0 N–H and O–H groups in total. The van der Waals surface area contributed by atoms with Gasteiger partial charge in [-0.25, -0.2) is 0 Å². The highest BCUT2D eigenvalue weighted by Gasteiger charge is 2.24. The van der Waals surface area contributed by atoms with Gasteiger partial charge < -0.3 is 9.47 Å². The molecular formula is C19H22N2O2S. The Kier molecular flexibility index (Phi) is 5.09. The van der Waals surface area contributed by atoms with Crippen LogP contribution >= 0.6 is 11.8 Å². The molecule has 24 heavy (non-hydrogen) atoms. The Morgan fingerprint density at radius 1 is 1.12 bits per heavy atom. The lowest BCUT2D eigenvalue weighted by atomic mass is 10.1. The predicted octanol–water partition coefficient (Wildman–Crippen LogP) is 3.09. The van der Waals surface area contributed by atoms with E-state index in [2.05, 4.69) is 31.2 Å². The van der Waals surface area contributed by atoms with Crippen LogP contribution in [0.3, 0.4) is 0 Å². The Balaban J connectivity index is 1.60. The van der Waals surface area contributed by atoms with E-state index in [1.54, 1.807) is 19.3 Å². The van der Waals surface area contributed by atoms with Crippen molar-refractivity contribution in [3.05, 3.63) is 64.1 Å². The van der Waals surface area contributed by atoms with E-state index < -0.39 is 0 Å². The summed E-state index contributed by atoms with van der Waals surface area (Å²) in [7, 11) is 1.67. The Hall–Kier alpha value is -2.01. The van der Waals surface area contributed by atoms with E-state index in [0.717, 1.165) is 25.9 Å². The molecule has 1 saturated heterocycles. The third-order valence-electron chi connectivity index (χ3n) is 4.45. The van der Waals surface area contributed by atoms with Gasteiger partial charge in [0.05, 0.1) is 5.56 Å². The van der Waals surface area contributed by atoms with Crippen molar-refractivity contribution in [1.29, 1.82) is 0 Å². The number of nitrogens with zero attached hydrogens (tertiary/aromatic N) is 2. The second-order valence-corrected chi connectivity index (χ2v) is 7.58. The largest absolute Gasteiger partial charge is 0.339 e. The van der Waals surface area contributed by atoms with Gasteiger partial charge in [-0.05, 0) is 37.5 Å². The molecule has 1 aliphatic rings. The quantitative estimate of drug-likeness (QED) is 0.861. The highest BCUT2D eigenvalue weighted by atomic mass is 32.2. The SMILES string of the molecule is Cc1ccccc1SC1CCN(C(=O)c2ccc(=O)n(C)c2)CC1. The smallest absolute Gasteiger partial charge is 0.255 e. The van der Waals surface area contributed by atoms with Crippen molar-refractivity contribution in [2.45, 2.75) is 29.9 Å². The number of aryl methyl sites for hydroxylation is 2. The molecule has 2 heterocycles. The van der Waals surface area contributed by atoms with Crippen molar-refractivity contribution < 1.29 is 4.79 Å². The van der Waals surface area contributed by atoms with Gasteiger partial charge in [-0.2, -0.15) is 0 Å². The average molecular weight is 342 g/mol. The maximum Gasteiger partial charge on any atom is 0.255 e. The molecule has 4 nitrogen and oxygen atoms in total. The minimum Gasteiger partial charge on any atom is -0.339 e. The number of carbonyl (C=O) groups excluding carboxylic acids is 1. The lowest BCUT2D eigenvalue weighted by Crippen LogP contribution is -2.39. The molecule has 1 aromatic carbocycles. The first kappa shape index (κ1) is 16.8. The van der Waals surface area contributed by atoms with Gasteiger partial charge in [-0.3, -0.25) is 9.59 Å². The number of thioether (sulfide) groups is 1. The zero-order valence-electron chi connectivity index (χ0n) is 14.1. The number of piperidine rings is 1. The highest BCUT2D eigenvalue weighted by molar-refractivity contribution is 8.00. The van der Waals surface area contributed by atoms with Crippen LogP contribution in [0.1, 0.15) is 28.8 Å². The summed E-state index contributed by atoms with van der Waals surface area (Å²) < 4.78 is 1.45. The number of likely N-dealkylation sites (tertiary alicyclic amines) is 1. The molecule has 5 heteroatoms. The molecule has 0 aliphatic carbocycles. The number of benzene rings is 1. The van der Waals surface area contributed by atoms with Gasteiger partial charge in [0.15, 0.2) is 0 Å². The molecule has 1 amide bonds. The molecule has 1 fully saturated rings. The summed E-state index contributed by atoms with van der Waals surface area (Å²) in [5, 5.41) is 0.551. The van der Waals surface area contributed by atoms with E-state index >= 15 is 0 Å². The minimum atomic E-state index is -0.0973. The van der Waals surface area contributed by atoms with E-state index in [4.69, 9.17) is 0 Å². The van der Waals surface area contributed by atoms with Crippen molar-refractivity contribution in [1.82, 2.24) is 9.47 Å². The Morgan fingerprint density at radius 2 is 1.83 bits per heavy atom. The standard InChI is InChI=1S/C19H22N2O2S/c1-14-5-3-4-6-17(14)24-16-9-11-21(12-10-16)19(23)15-7-8-18(22)20(2)13-15/h3-8,13,16H,9-12H2,1-2H3. The third kappa shape index (κ3) is 3.73. The van der Waals surface area contributed by atoms with Crippen molar-refractivity contribution in [3.63, 3.8) is 0 Å². The number of rotatable bonds is 3. The number of hydrogen-bond acceptors (Lipinski definition) is 3. The number of amides is 1. The Labute approximate surface area is 146 Å². The molecule has 1 aromatic heterocycles. The summed E-state index contributed by atoms with van der Waals surface area (Å²) in [5.41, 5.74) is 1.80. The lowest BCUT2D eigenvalue weighted by molar-refractivity contribution is 0.0726. The van der Waals surface area contributed by atoms with E-state index in [9.17, 15) is 9.59 Å². The molecule has 0 radical (unpaired) electrons. The Bertz CT molecular complexity index is 792. The van der Waals surface area contributed by atoms with Crippen LogP contribution in [0.4, 0.5) is 0 Å². The van der Waals surface area contributed by atoms with Gasteiger partial charge in [-0.1, -0.05) is 18.2 Å². The van der Waals surface area contributed by atoms with Gasteiger partial charge in [0, 0.05) is 42.5 Å². The molecule has 0 bridgehead atoms. The number of carbonyl (C=O) groups is 1. The van der Waals surface area contributed by atoms with Crippen LogP contribution < -0.4 is 5.56 Å². The second-order valence-electron chi connectivity index (χ2n) is 6.24. The monoisotopic (exact) mass is 342 g/mol. The molecule has 2 aromatic rings. The molecule has 0 saturated carbocycles. The number of aromatic nitrogens is 1. The zero-order valence-corrected chi connectivity index (χ0v) is 14.9. The molecule has 1 aliphatic heterocycles. The third-order valence-corrected chi connectivity index (χ3v) is 5.97. The van der Waals surface area contributed by atoms with E-state index in [-0.39, 0.29) is 11.5 Å². The normalized spacial score (nSPS) is 15.5. The summed E-state index contributed by atoms with van der Waals surface area (Å²) in [6.07, 6.45) is 3.62. The Morgan fingerprint density at radius 3 is 2.50 bits per heavy atom. The summed E-state index contributed by atoms with van der Waals surface area (Å²) in [5.74, 6) is 0.0185. The summed E-state index contributed by atoms with van der Waals surface area (Å²) in [6, 6.07) is 11.5. The van der Waals surface area contributed by atoms with Crippen LogP contribution in [-0.2, 0) is 7.05 Å². The van der Waals surface area contributed by atoms with Crippen LogP contribution in [-0.4, -0.2) is 33.7 Å². The van der Waals surface area contributed by atoms with Crippen molar-refractivity contribution in [2.24, 2.45) is 7.05 Å². The molecule has 3 rings (SSSR count). The van der Waals surface area contributed by atoms with Gasteiger partial charge in [0.2, 0.25) is 5.56 Å². The fourth-order valence-electron chi connectivity index (χ4n) is 2.95. The highest BCUT2D eigenvalue weighted by Crippen LogP contribution is 2.32. The fourth-order valence-corrected chi connectivity index (χ4v) is 4.16. The zero-order chi connectivity index (χ0) is 17.1. The molecule has 0 atom stereocenters. The maximum atomic E-state index is 12.6. The lowest BCUT2D eigenvalue weighted by Gasteiger charge is -2.32. The molecular weight excluding hydrogens is 320 g/mol. The van der Waals surface area contributed by atoms with Crippen molar-refractivity contribution >= 4 is 17.7 Å². The fraction of sp³-hybridized carbons (Fsp3) is 0.368. The summed E-state index contributed by atoms with van der Waals surface area (Å²) >= 11 is 1.92. The van der Waals surface area contributed by atoms with Crippen molar-refractivity contribution in [3.8, 4) is 0 Å². The first-order valence-corrected chi connectivity index (χ1v) is 9.11. The predicted molar refractivity (Wildman–Crippen MR) is 97.6 cm³/mol. The molecule has 0 spiro atoms. The van der Waals surface area contributed by atoms with E-state index in [1.165, 1.54) is 21.1 Å². The van der Waals surface area contributed by atoms with E-state index in [1.807, 2.05) is 16.7 Å². The van der Waals surface area contributed by atoms with E-state index in [0.29, 0.717) is 10.8 Å². The first-order chi connectivity index (χ1) is 11.5. The number of pyridine rings is 1. The second kappa shape index (κ2) is 7.26. The van der Waals surface area contributed by atoms with Crippen LogP contribution in [0.2, 0.25) is 0 Å². The number of hydrogen-bond donors (Lipinski definition) is 0. The van der Waals surface area contributed by atoms with Crippen LogP contribution in [0.5, 0.6) is 0 Å². The first-order valence-electron chi connectivity index (χ1n) is 8.23. The van der Waals surface area contributed by atoms with Gasteiger partial charge in [-0.15, -0.1) is 11.8 Å². The molecule has 0 unspecified atom stereocenters. The van der Waals surface area contributed by atoms with Crippen molar-refractivity contribution in [2.75, 3.05) is 13.1 Å². The van der Waals surface area contributed by atoms with Crippen LogP contribution in [0.15, 0.2) is 52.3 Å². The van der Waals surface area contributed by atoms with Gasteiger partial charge in [0.1, 0.15) is 0 Å². The van der Waals surface area contributed by atoms with Gasteiger partial charge >= 0.3 is 0 Å². The maximum absolute atomic E-state index is 12.6.